The minimum absolute atomic E-state index is 0.0109. The fraction of sp³-hybridized carbons (Fsp3) is 0.500. The van der Waals surface area contributed by atoms with E-state index < -0.39 is 6.04 Å². The van der Waals surface area contributed by atoms with Crippen LogP contribution in [-0.4, -0.2) is 60.9 Å². The molecule has 1 saturated carbocycles. The van der Waals surface area contributed by atoms with Crippen LogP contribution in [0.4, 0.5) is 4.79 Å². The Hall–Kier alpha value is -3.03. The van der Waals surface area contributed by atoms with Crippen molar-refractivity contribution in [1.82, 2.24) is 20.4 Å². The summed E-state index contributed by atoms with van der Waals surface area (Å²) in [6, 6.07) is 6.62. The molecule has 2 N–H and O–H groups in total. The number of para-hydroxylation sites is 1. The molecule has 1 fully saturated rings. The van der Waals surface area contributed by atoms with Crippen molar-refractivity contribution in [2.45, 2.75) is 44.2 Å². The van der Waals surface area contributed by atoms with Crippen LogP contribution < -0.4 is 15.4 Å². The molecule has 2 aliphatic heterocycles. The van der Waals surface area contributed by atoms with E-state index >= 15 is 0 Å². The molecule has 1 aromatic carbocycles. The number of ether oxygens (including phenoxy) is 1. The predicted octanol–water partition coefficient (Wildman–Crippen LogP) is 1.94. The second kappa shape index (κ2) is 8.38. The zero-order chi connectivity index (χ0) is 21.3. The summed E-state index contributed by atoms with van der Waals surface area (Å²) in [7, 11) is 3.20. The third kappa shape index (κ3) is 3.74. The highest BCUT2D eigenvalue weighted by atomic mass is 16.5. The smallest absolute Gasteiger partial charge is 0.322 e. The molecule has 4 rings (SSSR count). The fourth-order valence-corrected chi connectivity index (χ4v) is 4.58. The standard InChI is InChI=1S/C22H28N4O4/c1-25-16-12-26(13-18(27)23-14-8-4-3-5-9-14)21(28)19(16)20(24-22(25)29)15-10-6-7-11-17(15)30-2/h6-7,10-11,14,20H,3-5,8-9,12-13H2,1-2H3,(H,23,27)(H,24,29)/t20-/m1/s1. The molecule has 0 bridgehead atoms. The van der Waals surface area contributed by atoms with E-state index in [-0.39, 0.29) is 37.0 Å². The van der Waals surface area contributed by atoms with Crippen molar-refractivity contribution in [1.29, 1.82) is 0 Å². The summed E-state index contributed by atoms with van der Waals surface area (Å²) in [5, 5.41) is 5.96. The second-order valence-electron chi connectivity index (χ2n) is 8.11. The monoisotopic (exact) mass is 412 g/mol. The van der Waals surface area contributed by atoms with Crippen LogP contribution in [0.2, 0.25) is 0 Å². The average Bonchev–Trinajstić information content (AvgIpc) is 3.07. The second-order valence-corrected chi connectivity index (χ2v) is 8.11. The number of hydrogen-bond acceptors (Lipinski definition) is 4. The molecule has 160 valence electrons. The highest BCUT2D eigenvalue weighted by Gasteiger charge is 2.44. The summed E-state index contributed by atoms with van der Waals surface area (Å²) in [4.78, 5) is 41.4. The van der Waals surface area contributed by atoms with E-state index in [1.165, 1.54) is 16.2 Å². The Morgan fingerprint density at radius 3 is 2.67 bits per heavy atom. The highest BCUT2D eigenvalue weighted by molar-refractivity contribution is 6.03. The Morgan fingerprint density at radius 2 is 1.93 bits per heavy atom. The highest BCUT2D eigenvalue weighted by Crippen LogP contribution is 2.38. The van der Waals surface area contributed by atoms with Gasteiger partial charge in [-0.2, -0.15) is 0 Å². The van der Waals surface area contributed by atoms with Crippen LogP contribution in [0.1, 0.15) is 43.7 Å². The Bertz CT molecular complexity index is 891. The minimum Gasteiger partial charge on any atom is -0.496 e. The number of carbonyl (C=O) groups is 3. The van der Waals surface area contributed by atoms with Crippen LogP contribution in [0.3, 0.4) is 0 Å². The number of methoxy groups -OCH3 is 1. The molecule has 2 heterocycles. The number of carbonyl (C=O) groups excluding carboxylic acids is 3. The van der Waals surface area contributed by atoms with Gasteiger partial charge in [-0.3, -0.25) is 14.5 Å². The van der Waals surface area contributed by atoms with Gasteiger partial charge >= 0.3 is 6.03 Å². The third-order valence-electron chi connectivity index (χ3n) is 6.19. The summed E-state index contributed by atoms with van der Waals surface area (Å²) in [5.41, 5.74) is 1.84. The molecule has 0 unspecified atom stereocenters. The van der Waals surface area contributed by atoms with Gasteiger partial charge in [-0.15, -0.1) is 0 Å². The van der Waals surface area contributed by atoms with Crippen LogP contribution in [-0.2, 0) is 9.59 Å². The first kappa shape index (κ1) is 20.3. The van der Waals surface area contributed by atoms with E-state index in [2.05, 4.69) is 10.6 Å². The van der Waals surface area contributed by atoms with Crippen LogP contribution in [0.15, 0.2) is 35.5 Å². The maximum atomic E-state index is 13.3. The molecule has 8 heteroatoms. The Balaban J connectivity index is 1.54. The average molecular weight is 412 g/mol. The number of rotatable bonds is 5. The summed E-state index contributed by atoms with van der Waals surface area (Å²) in [5.74, 6) is 0.220. The normalized spacial score (nSPS) is 22.1. The summed E-state index contributed by atoms with van der Waals surface area (Å²) in [6.45, 7) is 0.227. The lowest BCUT2D eigenvalue weighted by molar-refractivity contribution is -0.132. The van der Waals surface area contributed by atoms with E-state index in [1.54, 1.807) is 20.2 Å². The van der Waals surface area contributed by atoms with Crippen molar-refractivity contribution in [2.24, 2.45) is 0 Å². The van der Waals surface area contributed by atoms with Gasteiger partial charge in [0.25, 0.3) is 5.91 Å². The van der Waals surface area contributed by atoms with E-state index in [9.17, 15) is 14.4 Å². The Labute approximate surface area is 176 Å². The summed E-state index contributed by atoms with van der Waals surface area (Å²) in [6.07, 6.45) is 5.45. The van der Waals surface area contributed by atoms with Crippen molar-refractivity contribution in [2.75, 3.05) is 27.2 Å². The lowest BCUT2D eigenvalue weighted by Crippen LogP contribution is -2.45. The van der Waals surface area contributed by atoms with Gasteiger partial charge < -0.3 is 20.3 Å². The molecule has 0 aromatic heterocycles. The van der Waals surface area contributed by atoms with Crippen molar-refractivity contribution >= 4 is 17.8 Å². The summed E-state index contributed by atoms with van der Waals surface area (Å²) >= 11 is 0. The SMILES string of the molecule is COc1ccccc1[C@H]1NC(=O)N(C)C2=C1C(=O)N(CC(=O)NC1CCCCC1)C2. The third-order valence-corrected chi connectivity index (χ3v) is 6.19. The zero-order valence-corrected chi connectivity index (χ0v) is 17.4. The van der Waals surface area contributed by atoms with Gasteiger partial charge in [0.2, 0.25) is 5.91 Å². The molecule has 1 aliphatic carbocycles. The van der Waals surface area contributed by atoms with Gasteiger partial charge in [0.1, 0.15) is 12.3 Å². The molecule has 0 spiro atoms. The number of amides is 4. The Kier molecular flexibility index (Phi) is 5.65. The minimum atomic E-state index is -0.612. The molecule has 3 aliphatic rings. The largest absolute Gasteiger partial charge is 0.496 e. The van der Waals surface area contributed by atoms with Gasteiger partial charge in [0, 0.05) is 18.7 Å². The van der Waals surface area contributed by atoms with Gasteiger partial charge in [-0.05, 0) is 18.9 Å². The zero-order valence-electron chi connectivity index (χ0n) is 17.4. The van der Waals surface area contributed by atoms with Crippen molar-refractivity contribution < 1.29 is 19.1 Å². The van der Waals surface area contributed by atoms with Crippen LogP contribution in [0, 0.1) is 0 Å². The molecular weight excluding hydrogens is 384 g/mol. The quantitative estimate of drug-likeness (QED) is 0.773. The van der Waals surface area contributed by atoms with Gasteiger partial charge in [0.05, 0.1) is 31.0 Å². The number of urea groups is 1. The fourth-order valence-electron chi connectivity index (χ4n) is 4.58. The number of likely N-dealkylation sites (N-methyl/N-ethyl adjacent to an activating group) is 1. The first-order valence-electron chi connectivity index (χ1n) is 10.5. The van der Waals surface area contributed by atoms with Crippen molar-refractivity contribution in [3.05, 3.63) is 41.1 Å². The van der Waals surface area contributed by atoms with Gasteiger partial charge in [-0.25, -0.2) is 4.79 Å². The van der Waals surface area contributed by atoms with Crippen molar-refractivity contribution in [3.8, 4) is 5.75 Å². The lowest BCUT2D eigenvalue weighted by atomic mass is 9.95. The molecule has 30 heavy (non-hydrogen) atoms. The predicted molar refractivity (Wildman–Crippen MR) is 111 cm³/mol. The van der Waals surface area contributed by atoms with Crippen molar-refractivity contribution in [3.63, 3.8) is 0 Å². The van der Waals surface area contributed by atoms with E-state index in [0.29, 0.717) is 17.0 Å². The Morgan fingerprint density at radius 1 is 1.20 bits per heavy atom. The molecule has 1 atom stereocenters. The van der Waals surface area contributed by atoms with Crippen LogP contribution in [0.25, 0.3) is 0 Å². The molecule has 4 amide bonds. The number of benzene rings is 1. The molecule has 8 nitrogen and oxygen atoms in total. The topological polar surface area (TPSA) is 91.0 Å². The molecule has 1 aromatic rings. The number of nitrogens with one attached hydrogen (secondary N) is 2. The lowest BCUT2D eigenvalue weighted by Gasteiger charge is -2.31. The van der Waals surface area contributed by atoms with E-state index in [1.807, 2.05) is 18.2 Å². The molecule has 0 saturated heterocycles. The molecule has 0 radical (unpaired) electrons. The van der Waals surface area contributed by atoms with Gasteiger partial charge in [0.15, 0.2) is 0 Å². The van der Waals surface area contributed by atoms with E-state index in [0.717, 1.165) is 31.2 Å². The van der Waals surface area contributed by atoms with Crippen LogP contribution >= 0.6 is 0 Å². The van der Waals surface area contributed by atoms with Gasteiger partial charge in [-0.1, -0.05) is 37.5 Å². The first-order valence-corrected chi connectivity index (χ1v) is 10.5. The molecular formula is C22H28N4O4. The number of nitrogens with zero attached hydrogens (tertiary/aromatic N) is 2. The number of hydrogen-bond donors (Lipinski definition) is 2. The summed E-state index contributed by atoms with van der Waals surface area (Å²) < 4.78 is 5.44. The maximum absolute atomic E-state index is 13.3. The maximum Gasteiger partial charge on any atom is 0.322 e. The van der Waals surface area contributed by atoms with E-state index in [4.69, 9.17) is 4.74 Å². The van der Waals surface area contributed by atoms with Crippen LogP contribution in [0.5, 0.6) is 5.75 Å². The first-order chi connectivity index (χ1) is 14.5.